The number of fused-ring (bicyclic) bond motifs is 1. The monoisotopic (exact) mass is 311 g/mol. The van der Waals surface area contributed by atoms with Gasteiger partial charge in [-0.15, -0.1) is 0 Å². The van der Waals surface area contributed by atoms with Gasteiger partial charge in [0.15, 0.2) is 0 Å². The zero-order valence-corrected chi connectivity index (χ0v) is 13.5. The van der Waals surface area contributed by atoms with Gasteiger partial charge in [0.2, 0.25) is 0 Å². The lowest BCUT2D eigenvalue weighted by atomic mass is 10.1. The van der Waals surface area contributed by atoms with Crippen molar-refractivity contribution in [2.24, 2.45) is 0 Å². The van der Waals surface area contributed by atoms with E-state index in [0.29, 0.717) is 0 Å². The normalized spacial score (nSPS) is 20.7. The van der Waals surface area contributed by atoms with Crippen molar-refractivity contribution in [3.63, 3.8) is 0 Å². The highest BCUT2D eigenvalue weighted by molar-refractivity contribution is 8.00. The molecule has 3 heteroatoms. The van der Waals surface area contributed by atoms with E-state index in [0.717, 1.165) is 39.1 Å². The Morgan fingerprint density at radius 1 is 0.955 bits per heavy atom. The molecule has 22 heavy (non-hydrogen) atoms. The van der Waals surface area contributed by atoms with Crippen LogP contribution in [0.15, 0.2) is 59.5 Å². The Bertz CT molecular complexity index is 635. The Kier molecular flexibility index (Phi) is 3.95. The van der Waals surface area contributed by atoms with Gasteiger partial charge in [-0.25, -0.2) is 0 Å². The lowest BCUT2D eigenvalue weighted by Crippen LogP contribution is -2.44. The molecule has 1 spiro atoms. The fourth-order valence-electron chi connectivity index (χ4n) is 3.30. The summed E-state index contributed by atoms with van der Waals surface area (Å²) in [6, 6.07) is 19.4. The Hall–Kier alpha value is -1.29. The number of nitrogens with zero attached hydrogens (tertiary/aromatic N) is 1. The van der Waals surface area contributed by atoms with Gasteiger partial charge in [-0.1, -0.05) is 60.3 Å². The van der Waals surface area contributed by atoms with E-state index in [1.165, 1.54) is 16.0 Å². The molecular formula is C19H21NOS. The van der Waals surface area contributed by atoms with Crippen molar-refractivity contribution >= 4 is 11.8 Å². The van der Waals surface area contributed by atoms with Gasteiger partial charge in [-0.3, -0.25) is 4.90 Å². The molecule has 0 bridgehead atoms. The van der Waals surface area contributed by atoms with Gasteiger partial charge >= 0.3 is 0 Å². The molecule has 0 aromatic heterocycles. The fourth-order valence-corrected chi connectivity index (χ4v) is 4.61. The minimum absolute atomic E-state index is 0.00153. The zero-order valence-electron chi connectivity index (χ0n) is 12.7. The summed E-state index contributed by atoms with van der Waals surface area (Å²) in [6.45, 7) is 4.05. The first-order valence-corrected chi connectivity index (χ1v) is 8.82. The van der Waals surface area contributed by atoms with Crippen LogP contribution in [0.25, 0.3) is 0 Å². The number of likely N-dealkylation sites (tertiary alicyclic amines) is 1. The summed E-state index contributed by atoms with van der Waals surface area (Å²) in [5.74, 6) is 0. The Morgan fingerprint density at radius 3 is 2.50 bits per heavy atom. The van der Waals surface area contributed by atoms with Gasteiger partial charge in [-0.05, 0) is 30.0 Å². The number of thioether (sulfide) groups is 1. The van der Waals surface area contributed by atoms with Crippen LogP contribution in [0.3, 0.4) is 0 Å². The van der Waals surface area contributed by atoms with E-state index in [2.05, 4.69) is 59.5 Å². The first-order chi connectivity index (χ1) is 10.8. The molecule has 2 aliphatic heterocycles. The van der Waals surface area contributed by atoms with E-state index >= 15 is 0 Å². The number of hydrogen-bond acceptors (Lipinski definition) is 3. The highest BCUT2D eigenvalue weighted by Gasteiger charge is 2.39. The first kappa shape index (κ1) is 14.3. The molecule has 2 aliphatic rings. The van der Waals surface area contributed by atoms with Gasteiger partial charge in [0.05, 0.1) is 6.61 Å². The van der Waals surface area contributed by atoms with E-state index in [1.54, 1.807) is 0 Å². The van der Waals surface area contributed by atoms with Crippen LogP contribution in [0, 0.1) is 0 Å². The molecule has 2 nitrogen and oxygen atoms in total. The van der Waals surface area contributed by atoms with E-state index in [4.69, 9.17) is 4.74 Å². The fraction of sp³-hybridized carbons (Fsp3) is 0.368. The van der Waals surface area contributed by atoms with Crippen molar-refractivity contribution in [3.05, 3.63) is 65.7 Å². The van der Waals surface area contributed by atoms with Crippen molar-refractivity contribution in [1.29, 1.82) is 0 Å². The van der Waals surface area contributed by atoms with Crippen LogP contribution in [0.1, 0.15) is 24.0 Å². The maximum atomic E-state index is 6.27. The quantitative estimate of drug-likeness (QED) is 0.820. The van der Waals surface area contributed by atoms with Gasteiger partial charge in [-0.2, -0.15) is 0 Å². The number of rotatable bonds is 2. The molecule has 0 aliphatic carbocycles. The molecule has 0 atom stereocenters. The van der Waals surface area contributed by atoms with E-state index in [9.17, 15) is 0 Å². The average Bonchev–Trinajstić information content (AvgIpc) is 2.58. The highest BCUT2D eigenvalue weighted by Crippen LogP contribution is 2.47. The van der Waals surface area contributed by atoms with E-state index in [-0.39, 0.29) is 4.93 Å². The van der Waals surface area contributed by atoms with Crippen LogP contribution >= 0.6 is 11.8 Å². The van der Waals surface area contributed by atoms with Crippen LogP contribution in [-0.2, 0) is 17.9 Å². The topological polar surface area (TPSA) is 12.5 Å². The molecule has 0 saturated carbocycles. The summed E-state index contributed by atoms with van der Waals surface area (Å²) in [6.07, 6.45) is 2.22. The number of ether oxygens (including phenoxy) is 1. The summed E-state index contributed by atoms with van der Waals surface area (Å²) in [5, 5.41) is 0. The molecule has 0 radical (unpaired) electrons. The van der Waals surface area contributed by atoms with Crippen molar-refractivity contribution in [3.8, 4) is 0 Å². The second-order valence-corrected chi connectivity index (χ2v) is 7.56. The maximum absolute atomic E-state index is 6.27. The Morgan fingerprint density at radius 2 is 1.68 bits per heavy atom. The third-order valence-electron chi connectivity index (χ3n) is 4.63. The van der Waals surface area contributed by atoms with Crippen LogP contribution in [-0.4, -0.2) is 22.9 Å². The molecule has 2 heterocycles. The summed E-state index contributed by atoms with van der Waals surface area (Å²) in [7, 11) is 0. The highest BCUT2D eigenvalue weighted by atomic mass is 32.2. The van der Waals surface area contributed by atoms with Crippen molar-refractivity contribution < 1.29 is 4.74 Å². The largest absolute Gasteiger partial charge is 0.359 e. The van der Waals surface area contributed by atoms with Gasteiger partial charge in [0.1, 0.15) is 4.93 Å². The lowest BCUT2D eigenvalue weighted by molar-refractivity contribution is -0.0343. The van der Waals surface area contributed by atoms with Gasteiger partial charge in [0.25, 0.3) is 0 Å². The molecule has 0 amide bonds. The van der Waals surface area contributed by atoms with Crippen LogP contribution in [0.2, 0.25) is 0 Å². The molecule has 0 N–H and O–H groups in total. The van der Waals surface area contributed by atoms with Crippen LogP contribution < -0.4 is 0 Å². The first-order valence-electron chi connectivity index (χ1n) is 8.00. The summed E-state index contributed by atoms with van der Waals surface area (Å²) in [5.41, 5.74) is 2.74. The smallest absolute Gasteiger partial charge is 0.121 e. The molecule has 1 saturated heterocycles. The summed E-state index contributed by atoms with van der Waals surface area (Å²) in [4.78, 5) is 3.96. The second kappa shape index (κ2) is 6.07. The molecular weight excluding hydrogens is 290 g/mol. The van der Waals surface area contributed by atoms with Crippen LogP contribution in [0.5, 0.6) is 0 Å². The van der Waals surface area contributed by atoms with Gasteiger partial charge in [0, 0.05) is 24.5 Å². The van der Waals surface area contributed by atoms with Crippen molar-refractivity contribution in [1.82, 2.24) is 4.90 Å². The predicted octanol–water partition coefficient (Wildman–Crippen LogP) is 4.30. The minimum atomic E-state index is 0.00153. The molecule has 2 aromatic carbocycles. The van der Waals surface area contributed by atoms with Crippen molar-refractivity contribution in [2.45, 2.75) is 35.8 Å². The summed E-state index contributed by atoms with van der Waals surface area (Å²) < 4.78 is 6.27. The Labute approximate surface area is 136 Å². The van der Waals surface area contributed by atoms with Gasteiger partial charge < -0.3 is 4.74 Å². The summed E-state index contributed by atoms with van der Waals surface area (Å²) >= 11 is 1.94. The third kappa shape index (κ3) is 2.94. The molecule has 4 rings (SSSR count). The standard InChI is InChI=1S/C19H21NOS/c1-2-6-16(7-3-1)14-20-12-10-19(11-13-20)21-15-17-8-4-5-9-18(17)22-19/h1-9H,10-15H2. The van der Waals surface area contributed by atoms with E-state index < -0.39 is 0 Å². The lowest BCUT2D eigenvalue weighted by Gasteiger charge is -2.43. The molecule has 1 fully saturated rings. The third-order valence-corrected chi connectivity index (χ3v) is 6.14. The van der Waals surface area contributed by atoms with Crippen molar-refractivity contribution in [2.75, 3.05) is 13.1 Å². The Balaban J connectivity index is 1.40. The average molecular weight is 311 g/mol. The second-order valence-electron chi connectivity index (χ2n) is 6.17. The molecule has 114 valence electrons. The predicted molar refractivity (Wildman–Crippen MR) is 90.8 cm³/mol. The number of benzene rings is 2. The minimum Gasteiger partial charge on any atom is -0.359 e. The number of piperidine rings is 1. The number of hydrogen-bond donors (Lipinski definition) is 0. The SMILES string of the molecule is c1ccc(CN2CCC3(CC2)OCc2ccccc2S3)cc1. The molecule has 0 unspecified atom stereocenters. The molecule has 2 aromatic rings. The maximum Gasteiger partial charge on any atom is 0.121 e. The van der Waals surface area contributed by atoms with E-state index in [1.807, 2.05) is 11.8 Å². The zero-order chi connectivity index (χ0) is 14.8. The van der Waals surface area contributed by atoms with Crippen LogP contribution in [0.4, 0.5) is 0 Å².